The number of carbonyl (C=O) groups is 1. The van der Waals surface area contributed by atoms with Crippen LogP contribution in [0.15, 0.2) is 48.5 Å². The van der Waals surface area contributed by atoms with E-state index in [1.54, 1.807) is 0 Å². The van der Waals surface area contributed by atoms with E-state index in [1.165, 1.54) is 11.3 Å². The third-order valence-corrected chi connectivity index (χ3v) is 6.33. The van der Waals surface area contributed by atoms with Gasteiger partial charge in [-0.15, -0.1) is 0 Å². The number of hydrogen-bond donors (Lipinski definition) is 1. The average molecular weight is 385 g/mol. The lowest BCUT2D eigenvalue weighted by atomic mass is 9.76. The van der Waals surface area contributed by atoms with Crippen LogP contribution in [0.1, 0.15) is 30.9 Å². The summed E-state index contributed by atoms with van der Waals surface area (Å²) in [5, 5.41) is 3.73. The molecule has 1 N–H and O–H groups in total. The van der Waals surface area contributed by atoms with Crippen LogP contribution in [0.4, 0.5) is 5.69 Å². The van der Waals surface area contributed by atoms with Crippen LogP contribution < -0.4 is 10.2 Å². The average Bonchev–Trinajstić information content (AvgIpc) is 3.01. The summed E-state index contributed by atoms with van der Waals surface area (Å²) in [5.74, 6) is 0.0221. The molecule has 0 radical (unpaired) electrons. The minimum absolute atomic E-state index is 0.0221. The first-order valence-electron chi connectivity index (χ1n) is 9.56. The van der Waals surface area contributed by atoms with Gasteiger partial charge in [0.15, 0.2) is 0 Å². The zero-order valence-corrected chi connectivity index (χ0v) is 16.3. The maximum atomic E-state index is 12.9. The smallest absolute Gasteiger partial charge is 0.242 e. The lowest BCUT2D eigenvalue weighted by Crippen LogP contribution is -2.47. The zero-order chi connectivity index (χ0) is 18.9. The van der Waals surface area contributed by atoms with Crippen molar-refractivity contribution < 1.29 is 9.53 Å². The van der Waals surface area contributed by atoms with Crippen LogP contribution in [0, 0.1) is 0 Å². The van der Waals surface area contributed by atoms with Crippen LogP contribution in [0.5, 0.6) is 0 Å². The first kappa shape index (κ1) is 18.3. The number of fused-ring (bicyclic) bond motifs is 2. The zero-order valence-electron chi connectivity index (χ0n) is 15.6. The molecule has 27 heavy (non-hydrogen) atoms. The van der Waals surface area contributed by atoms with Crippen molar-refractivity contribution in [2.24, 2.45) is 0 Å². The first-order chi connectivity index (χ1) is 13.1. The molecule has 2 aromatic carbocycles. The van der Waals surface area contributed by atoms with Crippen molar-refractivity contribution >= 4 is 23.2 Å². The van der Waals surface area contributed by atoms with E-state index in [0.717, 1.165) is 38.2 Å². The Hall–Kier alpha value is -2.04. The van der Waals surface area contributed by atoms with Crippen molar-refractivity contribution in [2.45, 2.75) is 37.8 Å². The molecule has 1 amide bonds. The SMILES string of the molecule is CC(C(=O)NCc1ccccc1Cl)N1CC2(CCOCC2)c2ccccc21. The first-order valence-corrected chi connectivity index (χ1v) is 9.93. The highest BCUT2D eigenvalue weighted by Crippen LogP contribution is 2.47. The molecule has 2 heterocycles. The van der Waals surface area contributed by atoms with Gasteiger partial charge in [-0.2, -0.15) is 0 Å². The van der Waals surface area contributed by atoms with Gasteiger partial charge in [-0.3, -0.25) is 4.79 Å². The number of carbonyl (C=O) groups excluding carboxylic acids is 1. The van der Waals surface area contributed by atoms with E-state index in [4.69, 9.17) is 16.3 Å². The molecule has 142 valence electrons. The Balaban J connectivity index is 1.51. The van der Waals surface area contributed by atoms with Gasteiger partial charge in [-0.1, -0.05) is 48.0 Å². The van der Waals surface area contributed by atoms with Gasteiger partial charge < -0.3 is 15.0 Å². The van der Waals surface area contributed by atoms with Crippen LogP contribution in [0.25, 0.3) is 0 Å². The molecule has 1 atom stereocenters. The maximum absolute atomic E-state index is 12.9. The molecule has 1 saturated heterocycles. The number of nitrogens with zero attached hydrogens (tertiary/aromatic N) is 1. The number of ether oxygens (including phenoxy) is 1. The molecule has 5 heteroatoms. The Morgan fingerprint density at radius 3 is 2.67 bits per heavy atom. The summed E-state index contributed by atoms with van der Waals surface area (Å²) in [4.78, 5) is 15.1. The Kier molecular flexibility index (Phi) is 5.11. The predicted octanol–water partition coefficient (Wildman–Crippen LogP) is 3.91. The van der Waals surface area contributed by atoms with Gasteiger partial charge in [0.25, 0.3) is 0 Å². The van der Waals surface area contributed by atoms with Crippen LogP contribution >= 0.6 is 11.6 Å². The number of halogens is 1. The van der Waals surface area contributed by atoms with Gasteiger partial charge in [0.2, 0.25) is 5.91 Å². The van der Waals surface area contributed by atoms with Gasteiger partial charge >= 0.3 is 0 Å². The third kappa shape index (κ3) is 3.44. The quantitative estimate of drug-likeness (QED) is 0.868. The summed E-state index contributed by atoms with van der Waals surface area (Å²) < 4.78 is 5.60. The molecule has 0 bridgehead atoms. The summed E-state index contributed by atoms with van der Waals surface area (Å²) >= 11 is 6.21. The molecule has 0 aromatic heterocycles. The van der Waals surface area contributed by atoms with Crippen molar-refractivity contribution in [1.82, 2.24) is 5.32 Å². The van der Waals surface area contributed by atoms with Crippen LogP contribution in [0.2, 0.25) is 5.02 Å². The number of amides is 1. The molecule has 4 nitrogen and oxygen atoms in total. The molecule has 2 aromatic rings. The van der Waals surface area contributed by atoms with Crippen LogP contribution in [-0.4, -0.2) is 31.7 Å². The molecule has 0 aliphatic carbocycles. The van der Waals surface area contributed by atoms with Gasteiger partial charge in [-0.05, 0) is 43.0 Å². The van der Waals surface area contributed by atoms with Crippen molar-refractivity contribution in [3.63, 3.8) is 0 Å². The summed E-state index contributed by atoms with van der Waals surface area (Å²) in [5.41, 5.74) is 3.58. The van der Waals surface area contributed by atoms with E-state index in [2.05, 4.69) is 34.5 Å². The van der Waals surface area contributed by atoms with E-state index < -0.39 is 0 Å². The number of para-hydroxylation sites is 1. The fourth-order valence-corrected chi connectivity index (χ4v) is 4.52. The van der Waals surface area contributed by atoms with Crippen molar-refractivity contribution in [2.75, 3.05) is 24.7 Å². The van der Waals surface area contributed by atoms with Gasteiger partial charge in [0, 0.05) is 42.4 Å². The Bertz CT molecular complexity index is 833. The lowest BCUT2D eigenvalue weighted by Gasteiger charge is -2.35. The van der Waals surface area contributed by atoms with E-state index in [1.807, 2.05) is 31.2 Å². The number of nitrogens with one attached hydrogen (secondary N) is 1. The molecular formula is C22H25ClN2O2. The maximum Gasteiger partial charge on any atom is 0.242 e. The largest absolute Gasteiger partial charge is 0.381 e. The molecule has 1 unspecified atom stereocenters. The molecular weight excluding hydrogens is 360 g/mol. The van der Waals surface area contributed by atoms with Crippen LogP contribution in [0.3, 0.4) is 0 Å². The van der Waals surface area contributed by atoms with Gasteiger partial charge in [0.05, 0.1) is 0 Å². The summed E-state index contributed by atoms with van der Waals surface area (Å²) in [7, 11) is 0. The number of hydrogen-bond acceptors (Lipinski definition) is 3. The standard InChI is InChI=1S/C22H25ClN2O2/c1-16(21(26)24-14-17-6-2-4-8-19(17)23)25-15-22(10-12-27-13-11-22)18-7-3-5-9-20(18)25/h2-9,16H,10-15H2,1H3,(H,24,26). The third-order valence-electron chi connectivity index (χ3n) is 5.97. The Morgan fingerprint density at radius 1 is 1.19 bits per heavy atom. The van der Waals surface area contributed by atoms with E-state index in [-0.39, 0.29) is 17.4 Å². The van der Waals surface area contributed by atoms with E-state index >= 15 is 0 Å². The summed E-state index contributed by atoms with van der Waals surface area (Å²) in [6, 6.07) is 15.9. The fraction of sp³-hybridized carbons (Fsp3) is 0.409. The molecule has 4 rings (SSSR count). The number of rotatable bonds is 4. The van der Waals surface area contributed by atoms with Crippen LogP contribution in [-0.2, 0) is 21.5 Å². The van der Waals surface area contributed by atoms with E-state index in [0.29, 0.717) is 11.6 Å². The highest BCUT2D eigenvalue weighted by molar-refractivity contribution is 6.31. The topological polar surface area (TPSA) is 41.6 Å². The monoisotopic (exact) mass is 384 g/mol. The van der Waals surface area contributed by atoms with E-state index in [9.17, 15) is 4.79 Å². The molecule has 2 aliphatic heterocycles. The normalized spacial score (nSPS) is 19.0. The summed E-state index contributed by atoms with van der Waals surface area (Å²) in [6.45, 7) is 4.87. The van der Waals surface area contributed by atoms with Crippen molar-refractivity contribution in [3.05, 3.63) is 64.7 Å². The molecule has 0 saturated carbocycles. The second-order valence-electron chi connectivity index (χ2n) is 7.52. The Labute approximate surface area is 165 Å². The summed E-state index contributed by atoms with van der Waals surface area (Å²) in [6.07, 6.45) is 2.02. The Morgan fingerprint density at radius 2 is 1.89 bits per heavy atom. The van der Waals surface area contributed by atoms with Gasteiger partial charge in [0.1, 0.15) is 6.04 Å². The minimum atomic E-state index is -0.240. The molecule has 1 fully saturated rings. The molecule has 2 aliphatic rings. The molecule has 1 spiro atoms. The number of anilines is 1. The second-order valence-corrected chi connectivity index (χ2v) is 7.93. The number of benzene rings is 2. The van der Waals surface area contributed by atoms with Crippen molar-refractivity contribution in [1.29, 1.82) is 0 Å². The minimum Gasteiger partial charge on any atom is -0.381 e. The fourth-order valence-electron chi connectivity index (χ4n) is 4.32. The lowest BCUT2D eigenvalue weighted by molar-refractivity contribution is -0.122. The second kappa shape index (κ2) is 7.53. The van der Waals surface area contributed by atoms with Gasteiger partial charge in [-0.25, -0.2) is 0 Å². The highest BCUT2D eigenvalue weighted by Gasteiger charge is 2.45. The predicted molar refractivity (Wildman–Crippen MR) is 108 cm³/mol. The highest BCUT2D eigenvalue weighted by atomic mass is 35.5. The van der Waals surface area contributed by atoms with Crippen molar-refractivity contribution in [3.8, 4) is 0 Å².